The Morgan fingerprint density at radius 3 is 3.10 bits per heavy atom. The Morgan fingerprint density at radius 2 is 2.30 bits per heavy atom. The van der Waals surface area contributed by atoms with Gasteiger partial charge in [0.25, 0.3) is 0 Å². The van der Waals surface area contributed by atoms with E-state index in [1.807, 2.05) is 12.1 Å². The molecule has 0 bridgehead atoms. The van der Waals surface area contributed by atoms with Gasteiger partial charge in [0.05, 0.1) is 17.7 Å². The van der Waals surface area contributed by atoms with Crippen LogP contribution in [0.25, 0.3) is 11.4 Å². The normalized spacial score (nSPS) is 22.4. The van der Waals surface area contributed by atoms with Gasteiger partial charge in [0.15, 0.2) is 0 Å². The van der Waals surface area contributed by atoms with Crippen LogP contribution in [0, 0.1) is 11.3 Å². The number of benzene rings is 1. The van der Waals surface area contributed by atoms with Crippen LogP contribution in [-0.4, -0.2) is 16.2 Å². The zero-order valence-electron chi connectivity index (χ0n) is 11.3. The summed E-state index contributed by atoms with van der Waals surface area (Å²) in [6, 6.07) is 9.96. The van der Waals surface area contributed by atoms with Gasteiger partial charge in [0, 0.05) is 11.6 Å². The van der Waals surface area contributed by atoms with E-state index in [4.69, 9.17) is 9.78 Å². The maximum absolute atomic E-state index is 8.92. The predicted molar refractivity (Wildman–Crippen MR) is 73.6 cm³/mol. The summed E-state index contributed by atoms with van der Waals surface area (Å²) in [5.74, 6) is 1.17. The fourth-order valence-electron chi connectivity index (χ4n) is 2.55. The average molecular weight is 268 g/mol. The number of rotatable bonds is 2. The minimum Gasteiger partial charge on any atom is -0.337 e. The van der Waals surface area contributed by atoms with Crippen LogP contribution >= 0.6 is 0 Å². The largest absolute Gasteiger partial charge is 0.337 e. The summed E-state index contributed by atoms with van der Waals surface area (Å²) >= 11 is 0. The number of hydrogen-bond acceptors (Lipinski definition) is 5. The lowest BCUT2D eigenvalue weighted by Crippen LogP contribution is -2.34. The van der Waals surface area contributed by atoms with Crippen molar-refractivity contribution in [2.75, 3.05) is 0 Å². The molecule has 1 fully saturated rings. The van der Waals surface area contributed by atoms with Crippen molar-refractivity contribution in [3.63, 3.8) is 0 Å². The second kappa shape index (κ2) is 5.43. The zero-order chi connectivity index (χ0) is 13.9. The van der Waals surface area contributed by atoms with Crippen molar-refractivity contribution in [2.24, 2.45) is 0 Å². The smallest absolute Gasteiger partial charge is 0.244 e. The van der Waals surface area contributed by atoms with Crippen molar-refractivity contribution < 1.29 is 4.52 Å². The van der Waals surface area contributed by atoms with E-state index in [9.17, 15) is 0 Å². The highest BCUT2D eigenvalue weighted by molar-refractivity contribution is 5.57. The van der Waals surface area contributed by atoms with Gasteiger partial charge in [-0.2, -0.15) is 10.2 Å². The first kappa shape index (κ1) is 12.8. The monoisotopic (exact) mass is 268 g/mol. The number of hydrogen-bond donors (Lipinski definition) is 1. The molecule has 0 saturated carbocycles. The Hall–Kier alpha value is -2.19. The van der Waals surface area contributed by atoms with Crippen molar-refractivity contribution in [3.05, 3.63) is 35.7 Å². The lowest BCUT2D eigenvalue weighted by Gasteiger charge is -2.25. The molecular formula is C15H16N4O. The molecule has 5 heteroatoms. The van der Waals surface area contributed by atoms with Crippen LogP contribution < -0.4 is 5.32 Å². The fraction of sp³-hybridized carbons (Fsp3) is 0.400. The minimum atomic E-state index is 0.138. The number of nitrogens with zero attached hydrogens (tertiary/aromatic N) is 3. The van der Waals surface area contributed by atoms with E-state index in [0.29, 0.717) is 23.3 Å². The molecule has 2 atom stereocenters. The zero-order valence-corrected chi connectivity index (χ0v) is 11.3. The summed E-state index contributed by atoms with van der Waals surface area (Å²) in [7, 11) is 0. The van der Waals surface area contributed by atoms with E-state index in [2.05, 4.69) is 28.5 Å². The van der Waals surface area contributed by atoms with E-state index in [1.165, 1.54) is 12.8 Å². The second-order valence-corrected chi connectivity index (χ2v) is 5.20. The molecule has 102 valence electrons. The van der Waals surface area contributed by atoms with Gasteiger partial charge in [-0.3, -0.25) is 0 Å². The lowest BCUT2D eigenvalue weighted by molar-refractivity contribution is 0.267. The van der Waals surface area contributed by atoms with Gasteiger partial charge in [-0.25, -0.2) is 0 Å². The van der Waals surface area contributed by atoms with E-state index in [-0.39, 0.29) is 6.04 Å². The van der Waals surface area contributed by atoms with Gasteiger partial charge in [0.1, 0.15) is 0 Å². The van der Waals surface area contributed by atoms with E-state index in [1.54, 1.807) is 12.1 Å². The van der Waals surface area contributed by atoms with Crippen LogP contribution in [0.15, 0.2) is 28.8 Å². The first-order valence-corrected chi connectivity index (χ1v) is 6.86. The van der Waals surface area contributed by atoms with Gasteiger partial charge < -0.3 is 9.84 Å². The summed E-state index contributed by atoms with van der Waals surface area (Å²) < 4.78 is 5.37. The molecule has 0 radical (unpaired) electrons. The van der Waals surface area contributed by atoms with E-state index < -0.39 is 0 Å². The Morgan fingerprint density at radius 1 is 1.40 bits per heavy atom. The molecule has 20 heavy (non-hydrogen) atoms. The van der Waals surface area contributed by atoms with Crippen LogP contribution in [0.2, 0.25) is 0 Å². The van der Waals surface area contributed by atoms with Crippen molar-refractivity contribution in [1.82, 2.24) is 15.5 Å². The molecule has 0 spiro atoms. The summed E-state index contributed by atoms with van der Waals surface area (Å²) in [4.78, 5) is 4.46. The standard InChI is InChI=1S/C15H16N4O/c1-10-4-2-7-13(17-10)15-18-14(19-20-15)12-6-3-5-11(8-12)9-16/h3,5-6,8,10,13,17H,2,4,7H2,1H3. The summed E-state index contributed by atoms with van der Waals surface area (Å²) in [5.41, 5.74) is 1.40. The van der Waals surface area contributed by atoms with Gasteiger partial charge in [0.2, 0.25) is 11.7 Å². The van der Waals surface area contributed by atoms with E-state index in [0.717, 1.165) is 12.0 Å². The minimum absolute atomic E-state index is 0.138. The van der Waals surface area contributed by atoms with E-state index >= 15 is 0 Å². The molecule has 5 nitrogen and oxygen atoms in total. The van der Waals surface area contributed by atoms with Gasteiger partial charge in [-0.05, 0) is 38.3 Å². The Balaban J connectivity index is 1.84. The molecular weight excluding hydrogens is 252 g/mol. The topological polar surface area (TPSA) is 74.7 Å². The Kier molecular flexibility index (Phi) is 3.48. The van der Waals surface area contributed by atoms with Crippen molar-refractivity contribution in [2.45, 2.75) is 38.3 Å². The van der Waals surface area contributed by atoms with Crippen molar-refractivity contribution >= 4 is 0 Å². The van der Waals surface area contributed by atoms with Crippen molar-refractivity contribution in [3.8, 4) is 17.5 Å². The highest BCUT2D eigenvalue weighted by atomic mass is 16.5. The molecule has 1 aliphatic rings. The number of piperidine rings is 1. The average Bonchev–Trinajstić information content (AvgIpc) is 2.97. The first-order valence-electron chi connectivity index (χ1n) is 6.86. The molecule has 0 amide bonds. The van der Waals surface area contributed by atoms with Crippen LogP contribution in [-0.2, 0) is 0 Å². The number of nitriles is 1. The molecule has 2 unspecified atom stereocenters. The van der Waals surface area contributed by atoms with Crippen LogP contribution in [0.3, 0.4) is 0 Å². The third-order valence-electron chi connectivity index (χ3n) is 3.61. The van der Waals surface area contributed by atoms with Crippen LogP contribution in [0.4, 0.5) is 0 Å². The van der Waals surface area contributed by atoms with Gasteiger partial charge in [-0.1, -0.05) is 17.3 Å². The summed E-state index contributed by atoms with van der Waals surface area (Å²) in [5, 5.41) is 16.4. The molecule has 1 N–H and O–H groups in total. The third-order valence-corrected chi connectivity index (χ3v) is 3.61. The van der Waals surface area contributed by atoms with Gasteiger partial charge in [-0.15, -0.1) is 0 Å². The van der Waals surface area contributed by atoms with Crippen molar-refractivity contribution in [1.29, 1.82) is 5.26 Å². The Bertz CT molecular complexity index is 643. The maximum Gasteiger partial charge on any atom is 0.244 e. The second-order valence-electron chi connectivity index (χ2n) is 5.20. The lowest BCUT2D eigenvalue weighted by atomic mass is 10.00. The maximum atomic E-state index is 8.92. The molecule has 1 saturated heterocycles. The first-order chi connectivity index (χ1) is 9.76. The van der Waals surface area contributed by atoms with Crippen LogP contribution in [0.5, 0.6) is 0 Å². The number of aromatic nitrogens is 2. The summed E-state index contributed by atoms with van der Waals surface area (Å²) in [6.45, 7) is 2.17. The molecule has 2 heterocycles. The van der Waals surface area contributed by atoms with Crippen LogP contribution in [0.1, 0.15) is 43.7 Å². The molecule has 1 aliphatic heterocycles. The third kappa shape index (κ3) is 2.56. The highest BCUT2D eigenvalue weighted by Gasteiger charge is 2.24. The Labute approximate surface area is 117 Å². The molecule has 1 aromatic carbocycles. The van der Waals surface area contributed by atoms with Gasteiger partial charge >= 0.3 is 0 Å². The predicted octanol–water partition coefficient (Wildman–Crippen LogP) is 2.81. The molecule has 1 aromatic heterocycles. The summed E-state index contributed by atoms with van der Waals surface area (Å²) in [6.07, 6.45) is 3.37. The molecule has 3 rings (SSSR count). The highest BCUT2D eigenvalue weighted by Crippen LogP contribution is 2.26. The molecule has 0 aliphatic carbocycles. The molecule has 2 aromatic rings. The SMILES string of the molecule is CC1CCCC(c2nc(-c3cccc(C#N)c3)no2)N1. The number of nitrogens with one attached hydrogen (secondary N) is 1. The quantitative estimate of drug-likeness (QED) is 0.906. The fourth-order valence-corrected chi connectivity index (χ4v) is 2.55.